The molecular weight excluding hydrogens is 388 g/mol. The minimum absolute atomic E-state index is 0.205. The summed E-state index contributed by atoms with van der Waals surface area (Å²) in [6, 6.07) is 8.01. The molecule has 2 aromatic rings. The van der Waals surface area contributed by atoms with Crippen LogP contribution in [0.1, 0.15) is 43.9 Å². The molecule has 1 amide bonds. The number of carbonyl (C=O) groups excluding carboxylic acids is 2. The predicted molar refractivity (Wildman–Crippen MR) is 99.3 cm³/mol. The van der Waals surface area contributed by atoms with Crippen LogP contribution in [-0.2, 0) is 15.4 Å². The number of alkyl halides is 2. The van der Waals surface area contributed by atoms with Crippen LogP contribution in [0.4, 0.5) is 19.4 Å². The van der Waals surface area contributed by atoms with Gasteiger partial charge in [-0.15, -0.1) is 0 Å². The van der Waals surface area contributed by atoms with Gasteiger partial charge in [-0.1, -0.05) is 18.2 Å². The lowest BCUT2D eigenvalue weighted by atomic mass is 10.2. The molecule has 1 aromatic carbocycles. The topological polar surface area (TPSA) is 99.6 Å². The van der Waals surface area contributed by atoms with Gasteiger partial charge in [0.2, 0.25) is 5.88 Å². The van der Waals surface area contributed by atoms with Crippen LogP contribution in [0.5, 0.6) is 11.6 Å². The van der Waals surface area contributed by atoms with E-state index in [9.17, 15) is 18.4 Å². The average molecular weight is 409 g/mol. The van der Waals surface area contributed by atoms with Crippen molar-refractivity contribution in [3.63, 3.8) is 0 Å². The molecule has 156 valence electrons. The maximum Gasteiger partial charge on any atom is 0.413 e. The zero-order valence-electron chi connectivity index (χ0n) is 16.6. The second-order valence-corrected chi connectivity index (χ2v) is 7.00. The number of benzene rings is 1. The molecule has 0 aliphatic heterocycles. The van der Waals surface area contributed by atoms with Gasteiger partial charge in [0, 0.05) is 6.92 Å². The Morgan fingerprint density at radius 2 is 1.66 bits per heavy atom. The van der Waals surface area contributed by atoms with E-state index < -0.39 is 46.7 Å². The van der Waals surface area contributed by atoms with E-state index in [0.29, 0.717) is 6.92 Å². The molecule has 1 heterocycles. The molecule has 29 heavy (non-hydrogen) atoms. The third kappa shape index (κ3) is 6.09. The number of nitrogens with one attached hydrogen (secondary N) is 1. The second-order valence-electron chi connectivity index (χ2n) is 7.00. The van der Waals surface area contributed by atoms with E-state index in [4.69, 9.17) is 9.47 Å². The largest absolute Gasteiger partial charge is 0.464 e. The number of anilines is 1. The third-order valence-electron chi connectivity index (χ3n) is 3.24. The van der Waals surface area contributed by atoms with Crippen molar-refractivity contribution in [2.75, 3.05) is 12.4 Å². The Bertz CT molecular complexity index is 893. The Morgan fingerprint density at radius 3 is 2.17 bits per heavy atom. The minimum Gasteiger partial charge on any atom is -0.464 e. The number of methoxy groups -OCH3 is 1. The number of para-hydroxylation sites is 1. The van der Waals surface area contributed by atoms with E-state index in [1.807, 2.05) is 0 Å². The molecule has 10 heteroatoms. The lowest BCUT2D eigenvalue weighted by Gasteiger charge is -2.21. The van der Waals surface area contributed by atoms with Crippen molar-refractivity contribution in [2.24, 2.45) is 0 Å². The number of aromatic nitrogens is 2. The van der Waals surface area contributed by atoms with Gasteiger partial charge in [0.15, 0.2) is 17.2 Å². The fourth-order valence-electron chi connectivity index (χ4n) is 2.10. The first-order chi connectivity index (χ1) is 13.4. The van der Waals surface area contributed by atoms with Gasteiger partial charge in [-0.3, -0.25) is 5.32 Å². The molecular formula is C19H21F2N3O5. The highest BCUT2D eigenvalue weighted by molar-refractivity contribution is 5.97. The van der Waals surface area contributed by atoms with Crippen molar-refractivity contribution in [1.82, 2.24) is 9.97 Å². The van der Waals surface area contributed by atoms with Crippen molar-refractivity contribution >= 4 is 17.9 Å². The first-order valence-corrected chi connectivity index (χ1v) is 8.52. The van der Waals surface area contributed by atoms with Crippen LogP contribution >= 0.6 is 0 Å². The highest BCUT2D eigenvalue weighted by Gasteiger charge is 2.35. The Morgan fingerprint density at radius 1 is 1.03 bits per heavy atom. The average Bonchev–Trinajstić information content (AvgIpc) is 2.60. The molecule has 0 spiro atoms. The smallest absolute Gasteiger partial charge is 0.413 e. The van der Waals surface area contributed by atoms with Crippen LogP contribution in [0.15, 0.2) is 30.3 Å². The van der Waals surface area contributed by atoms with Gasteiger partial charge in [0.25, 0.3) is 5.92 Å². The summed E-state index contributed by atoms with van der Waals surface area (Å²) < 4.78 is 43.4. The summed E-state index contributed by atoms with van der Waals surface area (Å²) in [6.45, 7) is 5.43. The Balaban J connectivity index is 2.55. The highest BCUT2D eigenvalue weighted by Crippen LogP contribution is 2.36. The molecule has 0 radical (unpaired) electrons. The lowest BCUT2D eigenvalue weighted by Crippen LogP contribution is -2.29. The van der Waals surface area contributed by atoms with Crippen molar-refractivity contribution < 1.29 is 32.6 Å². The SMILES string of the molecule is COC(=O)c1nc(Oc2ccccc2)c(C(C)(F)F)nc1NC(=O)OC(C)(C)C. The van der Waals surface area contributed by atoms with Gasteiger partial charge in [0.1, 0.15) is 11.4 Å². The molecule has 0 fully saturated rings. The normalized spacial score (nSPS) is 11.6. The van der Waals surface area contributed by atoms with Crippen molar-refractivity contribution in [1.29, 1.82) is 0 Å². The predicted octanol–water partition coefficient (Wildman–Crippen LogP) is 4.51. The maximum atomic E-state index is 14.2. The van der Waals surface area contributed by atoms with Crippen LogP contribution < -0.4 is 10.1 Å². The molecule has 0 unspecified atom stereocenters. The summed E-state index contributed by atoms with van der Waals surface area (Å²) in [4.78, 5) is 31.7. The summed E-state index contributed by atoms with van der Waals surface area (Å²) in [6.07, 6.45) is -1.00. The summed E-state index contributed by atoms with van der Waals surface area (Å²) in [5, 5.41) is 2.16. The first-order valence-electron chi connectivity index (χ1n) is 8.52. The van der Waals surface area contributed by atoms with Crippen molar-refractivity contribution in [3.8, 4) is 11.6 Å². The zero-order valence-corrected chi connectivity index (χ0v) is 16.6. The van der Waals surface area contributed by atoms with E-state index in [1.54, 1.807) is 39.0 Å². The van der Waals surface area contributed by atoms with Crippen LogP contribution in [0.25, 0.3) is 0 Å². The Kier molecular flexibility index (Phi) is 6.35. The fourth-order valence-corrected chi connectivity index (χ4v) is 2.10. The standard InChI is InChI=1S/C19H21F2N3O5/c1-18(2,3)29-17(26)24-14-12(16(25)27-5)22-15(13(23-14)19(4,20)21)28-11-9-7-6-8-10-11/h6-10H,1-5H3,(H,23,24,26). The van der Waals surface area contributed by atoms with Gasteiger partial charge in [0.05, 0.1) is 7.11 Å². The number of nitrogens with zero attached hydrogens (tertiary/aromatic N) is 2. The van der Waals surface area contributed by atoms with Crippen LogP contribution in [0.3, 0.4) is 0 Å². The summed E-state index contributed by atoms with van der Waals surface area (Å²) in [5.41, 5.74) is -2.26. The Hall–Kier alpha value is -3.30. The van der Waals surface area contributed by atoms with Gasteiger partial charge < -0.3 is 14.2 Å². The number of ether oxygens (including phenoxy) is 3. The number of hydrogen-bond acceptors (Lipinski definition) is 7. The number of amides is 1. The molecule has 0 atom stereocenters. The van der Waals surface area contributed by atoms with Gasteiger partial charge in [-0.2, -0.15) is 8.78 Å². The van der Waals surface area contributed by atoms with Crippen LogP contribution in [0.2, 0.25) is 0 Å². The van der Waals surface area contributed by atoms with Gasteiger partial charge >= 0.3 is 12.1 Å². The molecule has 8 nitrogen and oxygen atoms in total. The molecule has 0 saturated carbocycles. The molecule has 1 aromatic heterocycles. The zero-order chi connectivity index (χ0) is 21.8. The molecule has 2 rings (SSSR count). The number of esters is 1. The van der Waals surface area contributed by atoms with Gasteiger partial charge in [-0.25, -0.2) is 19.6 Å². The number of rotatable bonds is 5. The van der Waals surface area contributed by atoms with Crippen LogP contribution in [-0.4, -0.2) is 34.7 Å². The number of halogens is 2. The number of carbonyl (C=O) groups is 2. The summed E-state index contributed by atoms with van der Waals surface area (Å²) in [5.74, 6) is -5.43. The molecule has 0 aliphatic carbocycles. The molecule has 1 N–H and O–H groups in total. The van der Waals surface area contributed by atoms with Gasteiger partial charge in [-0.05, 0) is 32.9 Å². The second kappa shape index (κ2) is 8.38. The van der Waals surface area contributed by atoms with Crippen molar-refractivity contribution in [2.45, 2.75) is 39.2 Å². The third-order valence-corrected chi connectivity index (χ3v) is 3.24. The van der Waals surface area contributed by atoms with Crippen LogP contribution in [0, 0.1) is 0 Å². The summed E-state index contributed by atoms with van der Waals surface area (Å²) in [7, 11) is 1.07. The van der Waals surface area contributed by atoms with E-state index in [0.717, 1.165) is 7.11 Å². The van der Waals surface area contributed by atoms with E-state index >= 15 is 0 Å². The minimum atomic E-state index is -3.49. The van der Waals surface area contributed by atoms with E-state index in [-0.39, 0.29) is 5.75 Å². The quantitative estimate of drug-likeness (QED) is 0.725. The van der Waals surface area contributed by atoms with E-state index in [2.05, 4.69) is 20.0 Å². The van der Waals surface area contributed by atoms with E-state index in [1.165, 1.54) is 12.1 Å². The molecule has 0 bridgehead atoms. The molecule has 0 saturated heterocycles. The first kappa shape index (κ1) is 22.0. The highest BCUT2D eigenvalue weighted by atomic mass is 19.3. The maximum absolute atomic E-state index is 14.2. The molecule has 0 aliphatic rings. The fraction of sp³-hybridized carbons (Fsp3) is 0.368. The Labute approximate surface area is 166 Å². The lowest BCUT2D eigenvalue weighted by molar-refractivity contribution is 0.00986. The monoisotopic (exact) mass is 409 g/mol. The summed E-state index contributed by atoms with van der Waals surface area (Å²) >= 11 is 0. The van der Waals surface area contributed by atoms with Crippen molar-refractivity contribution in [3.05, 3.63) is 41.7 Å². The number of hydrogen-bond donors (Lipinski definition) is 1.